The molecular weight excluding hydrogens is 260 g/mol. The first-order valence-electron chi connectivity index (χ1n) is 6.73. The zero-order chi connectivity index (χ0) is 14.0. The fraction of sp³-hybridized carbons (Fsp3) is 0.533. The van der Waals surface area contributed by atoms with E-state index >= 15 is 0 Å². The van der Waals surface area contributed by atoms with Crippen LogP contribution < -0.4 is 11.1 Å². The van der Waals surface area contributed by atoms with Crippen molar-refractivity contribution in [2.75, 3.05) is 5.73 Å². The van der Waals surface area contributed by atoms with Crippen LogP contribution in [0, 0.1) is 5.41 Å². The molecule has 1 aromatic rings. The van der Waals surface area contributed by atoms with E-state index in [1.54, 1.807) is 18.2 Å². The molecule has 2 rings (SSSR count). The number of nitrogen functional groups attached to an aromatic ring is 1. The van der Waals surface area contributed by atoms with Gasteiger partial charge >= 0.3 is 0 Å². The van der Waals surface area contributed by atoms with Crippen LogP contribution in [0.2, 0.25) is 5.02 Å². The number of nitrogens with two attached hydrogens (primary N) is 1. The number of carbonyl (C=O) groups is 1. The van der Waals surface area contributed by atoms with Crippen molar-refractivity contribution < 1.29 is 4.79 Å². The van der Waals surface area contributed by atoms with Crippen molar-refractivity contribution >= 4 is 23.2 Å². The van der Waals surface area contributed by atoms with Gasteiger partial charge in [0.15, 0.2) is 0 Å². The molecule has 1 aromatic carbocycles. The number of nitrogens with one attached hydrogen (secondary N) is 1. The second-order valence-corrected chi connectivity index (χ2v) is 6.60. The third kappa shape index (κ3) is 3.63. The summed E-state index contributed by atoms with van der Waals surface area (Å²) >= 11 is 5.91. The van der Waals surface area contributed by atoms with Crippen LogP contribution in [0.1, 0.15) is 49.9 Å². The first-order chi connectivity index (χ1) is 8.87. The number of hydrogen-bond acceptors (Lipinski definition) is 2. The van der Waals surface area contributed by atoms with Crippen molar-refractivity contribution in [2.45, 2.75) is 45.6 Å². The van der Waals surface area contributed by atoms with Gasteiger partial charge in [-0.15, -0.1) is 0 Å². The molecule has 3 nitrogen and oxygen atoms in total. The van der Waals surface area contributed by atoms with Crippen molar-refractivity contribution in [3.8, 4) is 0 Å². The first-order valence-corrected chi connectivity index (χ1v) is 7.11. The number of hydrogen-bond donors (Lipinski definition) is 2. The maximum Gasteiger partial charge on any atom is 0.253 e. The summed E-state index contributed by atoms with van der Waals surface area (Å²) in [7, 11) is 0. The third-order valence-corrected chi connectivity index (χ3v) is 4.04. The Balaban J connectivity index is 2.06. The first kappa shape index (κ1) is 14.2. The molecular formula is C15H21ClN2O. The molecule has 1 amide bonds. The predicted molar refractivity (Wildman–Crippen MR) is 79.4 cm³/mol. The van der Waals surface area contributed by atoms with Crippen LogP contribution in [0.4, 0.5) is 5.69 Å². The molecule has 19 heavy (non-hydrogen) atoms. The Labute approximate surface area is 119 Å². The lowest BCUT2D eigenvalue weighted by Crippen LogP contribution is -2.40. The fourth-order valence-electron chi connectivity index (χ4n) is 2.81. The van der Waals surface area contributed by atoms with Crippen molar-refractivity contribution in [3.05, 3.63) is 28.8 Å². The normalized spacial score (nSPS) is 21.9. The minimum Gasteiger partial charge on any atom is -0.398 e. The summed E-state index contributed by atoms with van der Waals surface area (Å²) in [5.74, 6) is -0.122. The monoisotopic (exact) mass is 280 g/mol. The molecule has 1 aliphatic rings. The van der Waals surface area contributed by atoms with Crippen molar-refractivity contribution in [2.24, 2.45) is 5.41 Å². The molecule has 4 heteroatoms. The Morgan fingerprint density at radius 1 is 1.47 bits per heavy atom. The van der Waals surface area contributed by atoms with Gasteiger partial charge in [0.1, 0.15) is 0 Å². The molecule has 0 heterocycles. The number of benzene rings is 1. The highest BCUT2D eigenvalue weighted by molar-refractivity contribution is 6.31. The lowest BCUT2D eigenvalue weighted by atomic mass is 9.75. The van der Waals surface area contributed by atoms with Gasteiger partial charge in [-0.2, -0.15) is 0 Å². The average molecular weight is 281 g/mol. The lowest BCUT2D eigenvalue weighted by Gasteiger charge is -2.35. The van der Waals surface area contributed by atoms with Gasteiger partial charge in [-0.1, -0.05) is 31.9 Å². The van der Waals surface area contributed by atoms with Gasteiger partial charge in [-0.05, 0) is 42.9 Å². The standard InChI is InChI=1S/C15H21ClN2O/c1-15(2)7-3-4-11(9-15)18-14(19)12-8-10(16)5-6-13(12)17/h5-6,8,11H,3-4,7,9,17H2,1-2H3,(H,18,19). The molecule has 0 bridgehead atoms. The Kier molecular flexibility index (Phi) is 4.04. The van der Waals surface area contributed by atoms with E-state index in [0.717, 1.165) is 19.3 Å². The summed E-state index contributed by atoms with van der Waals surface area (Å²) in [4.78, 5) is 12.2. The highest BCUT2D eigenvalue weighted by Crippen LogP contribution is 2.35. The summed E-state index contributed by atoms with van der Waals surface area (Å²) in [6.45, 7) is 4.50. The SMILES string of the molecule is CC1(C)CCCC(NC(=O)c2cc(Cl)ccc2N)C1. The molecule has 1 fully saturated rings. The smallest absolute Gasteiger partial charge is 0.253 e. The molecule has 1 unspecified atom stereocenters. The number of anilines is 1. The Bertz CT molecular complexity index is 485. The van der Waals surface area contributed by atoms with Crippen LogP contribution in [-0.2, 0) is 0 Å². The Hall–Kier alpha value is -1.22. The highest BCUT2D eigenvalue weighted by Gasteiger charge is 2.29. The highest BCUT2D eigenvalue weighted by atomic mass is 35.5. The largest absolute Gasteiger partial charge is 0.398 e. The molecule has 0 radical (unpaired) electrons. The molecule has 104 valence electrons. The summed E-state index contributed by atoms with van der Waals surface area (Å²) in [6, 6.07) is 5.22. The van der Waals surface area contributed by atoms with Crippen LogP contribution >= 0.6 is 11.6 Å². The van der Waals surface area contributed by atoms with E-state index in [1.807, 2.05) is 0 Å². The number of amides is 1. The molecule has 0 saturated heterocycles. The third-order valence-electron chi connectivity index (χ3n) is 3.80. The molecule has 3 N–H and O–H groups in total. The minimum absolute atomic E-state index is 0.122. The zero-order valence-electron chi connectivity index (χ0n) is 11.5. The van der Waals surface area contributed by atoms with Gasteiger partial charge in [-0.25, -0.2) is 0 Å². The summed E-state index contributed by atoms with van der Waals surface area (Å²) in [5.41, 5.74) is 7.07. The number of rotatable bonds is 2. The van der Waals surface area contributed by atoms with E-state index < -0.39 is 0 Å². The second kappa shape index (κ2) is 5.41. The van der Waals surface area contributed by atoms with Crippen molar-refractivity contribution in [1.29, 1.82) is 0 Å². The van der Waals surface area contributed by atoms with Crippen LogP contribution in [0.3, 0.4) is 0 Å². The Morgan fingerprint density at radius 2 is 2.21 bits per heavy atom. The summed E-state index contributed by atoms with van der Waals surface area (Å²) in [6.07, 6.45) is 4.43. The molecule has 1 aliphatic carbocycles. The van der Waals surface area contributed by atoms with E-state index in [2.05, 4.69) is 19.2 Å². The fourth-order valence-corrected chi connectivity index (χ4v) is 2.98. The lowest BCUT2D eigenvalue weighted by molar-refractivity contribution is 0.0903. The van der Waals surface area contributed by atoms with E-state index in [-0.39, 0.29) is 11.9 Å². The maximum atomic E-state index is 12.2. The number of halogens is 1. The van der Waals surface area contributed by atoms with E-state index in [1.165, 1.54) is 6.42 Å². The topological polar surface area (TPSA) is 55.1 Å². The van der Waals surface area contributed by atoms with Crippen LogP contribution in [0.5, 0.6) is 0 Å². The zero-order valence-corrected chi connectivity index (χ0v) is 12.3. The van der Waals surface area contributed by atoms with E-state index in [4.69, 9.17) is 17.3 Å². The molecule has 0 aromatic heterocycles. The predicted octanol–water partition coefficient (Wildman–Crippen LogP) is 3.62. The van der Waals surface area contributed by atoms with Crippen LogP contribution in [0.15, 0.2) is 18.2 Å². The summed E-state index contributed by atoms with van der Waals surface area (Å²) in [5, 5.41) is 3.61. The summed E-state index contributed by atoms with van der Waals surface area (Å²) < 4.78 is 0. The molecule has 1 atom stereocenters. The van der Waals surface area contributed by atoms with Gasteiger partial charge < -0.3 is 11.1 Å². The Morgan fingerprint density at radius 3 is 2.89 bits per heavy atom. The van der Waals surface area contributed by atoms with Gasteiger partial charge in [0, 0.05) is 16.8 Å². The van der Waals surface area contributed by atoms with Gasteiger partial charge in [0.2, 0.25) is 0 Å². The van der Waals surface area contributed by atoms with Gasteiger partial charge in [0.05, 0.1) is 5.56 Å². The van der Waals surface area contributed by atoms with E-state index in [9.17, 15) is 4.79 Å². The van der Waals surface area contributed by atoms with Crippen LogP contribution in [-0.4, -0.2) is 11.9 Å². The van der Waals surface area contributed by atoms with Crippen molar-refractivity contribution in [1.82, 2.24) is 5.32 Å². The van der Waals surface area contributed by atoms with Crippen molar-refractivity contribution in [3.63, 3.8) is 0 Å². The number of carbonyl (C=O) groups excluding carboxylic acids is 1. The second-order valence-electron chi connectivity index (χ2n) is 6.16. The van der Waals surface area contributed by atoms with Gasteiger partial charge in [0.25, 0.3) is 5.91 Å². The van der Waals surface area contributed by atoms with Crippen LogP contribution in [0.25, 0.3) is 0 Å². The average Bonchev–Trinajstić information content (AvgIpc) is 2.31. The van der Waals surface area contributed by atoms with E-state index in [0.29, 0.717) is 21.7 Å². The molecule has 1 saturated carbocycles. The maximum absolute atomic E-state index is 12.2. The minimum atomic E-state index is -0.122. The molecule has 0 spiro atoms. The van der Waals surface area contributed by atoms with Gasteiger partial charge in [-0.3, -0.25) is 4.79 Å². The quantitative estimate of drug-likeness (QED) is 0.813. The molecule has 0 aliphatic heterocycles.